The molecule has 0 fully saturated rings. The molecule has 2 aromatic rings. The van der Waals surface area contributed by atoms with Crippen LogP contribution in [0.2, 0.25) is 0 Å². The van der Waals surface area contributed by atoms with Gasteiger partial charge in [0.15, 0.2) is 0 Å². The summed E-state index contributed by atoms with van der Waals surface area (Å²) in [6.07, 6.45) is 1.20. The maximum atomic E-state index is 13.3. The van der Waals surface area contributed by atoms with E-state index >= 15 is 0 Å². The van der Waals surface area contributed by atoms with E-state index in [2.05, 4.69) is 20.9 Å². The highest BCUT2D eigenvalue weighted by Gasteiger charge is 2.31. The lowest BCUT2D eigenvalue weighted by Crippen LogP contribution is -2.58. The lowest BCUT2D eigenvalue weighted by Gasteiger charge is -2.27. The quantitative estimate of drug-likeness (QED) is 0.375. The maximum absolute atomic E-state index is 13.3. The fourth-order valence-electron chi connectivity index (χ4n) is 3.34. The van der Waals surface area contributed by atoms with Gasteiger partial charge in [-0.3, -0.25) is 14.4 Å². The molecule has 0 aliphatic heterocycles. The van der Waals surface area contributed by atoms with E-state index in [0.717, 1.165) is 16.5 Å². The van der Waals surface area contributed by atoms with Gasteiger partial charge in [-0.25, -0.2) is 4.79 Å². The average molecular weight is 474 g/mol. The highest BCUT2D eigenvalue weighted by atomic mass is 16.6. The lowest BCUT2D eigenvalue weighted by atomic mass is 10.0. The summed E-state index contributed by atoms with van der Waals surface area (Å²) in [7, 11) is 0. The van der Waals surface area contributed by atoms with E-state index in [1.54, 1.807) is 40.8 Å². The fourth-order valence-corrected chi connectivity index (χ4v) is 3.34. The number of amides is 4. The monoisotopic (exact) mass is 473 g/mol. The number of fused-ring (bicyclic) bond motifs is 1. The summed E-state index contributed by atoms with van der Waals surface area (Å²) in [5.74, 6) is -2.08. The van der Waals surface area contributed by atoms with Crippen molar-refractivity contribution < 1.29 is 23.9 Å². The highest BCUT2D eigenvalue weighted by Crippen LogP contribution is 2.19. The van der Waals surface area contributed by atoms with Crippen molar-refractivity contribution in [1.29, 1.82) is 0 Å². The van der Waals surface area contributed by atoms with Crippen molar-refractivity contribution in [2.45, 2.75) is 71.7 Å². The number of aromatic amines is 1. The molecule has 0 bridgehead atoms. The van der Waals surface area contributed by atoms with Crippen molar-refractivity contribution in [3.05, 3.63) is 36.0 Å². The van der Waals surface area contributed by atoms with Crippen molar-refractivity contribution in [3.8, 4) is 0 Å². The van der Waals surface area contributed by atoms with Crippen LogP contribution in [0.15, 0.2) is 30.5 Å². The van der Waals surface area contributed by atoms with Crippen LogP contribution < -0.4 is 21.7 Å². The van der Waals surface area contributed by atoms with Crippen LogP contribution in [0.5, 0.6) is 0 Å². The van der Waals surface area contributed by atoms with E-state index in [1.807, 2.05) is 24.3 Å². The SMILES string of the molecule is CC(C)[C@@H](NC(=O)[C@@H](Cc1c[nH]c2ccccc12)NC(=O)OC(C)(C)C)C(=O)N[C@@H](C)C(N)=O. The van der Waals surface area contributed by atoms with Gasteiger partial charge in [-0.05, 0) is 45.2 Å². The second kappa shape index (κ2) is 11.0. The van der Waals surface area contributed by atoms with E-state index in [1.165, 1.54) is 6.92 Å². The van der Waals surface area contributed by atoms with Gasteiger partial charge in [-0.15, -0.1) is 0 Å². The molecule has 186 valence electrons. The largest absolute Gasteiger partial charge is 0.444 e. The van der Waals surface area contributed by atoms with Gasteiger partial charge in [-0.1, -0.05) is 32.0 Å². The van der Waals surface area contributed by atoms with Crippen molar-refractivity contribution in [2.24, 2.45) is 11.7 Å². The van der Waals surface area contributed by atoms with Crippen molar-refractivity contribution >= 4 is 34.7 Å². The van der Waals surface area contributed by atoms with Crippen molar-refractivity contribution in [2.75, 3.05) is 0 Å². The van der Waals surface area contributed by atoms with Crippen LogP contribution in [0, 0.1) is 5.92 Å². The summed E-state index contributed by atoms with van der Waals surface area (Å²) in [4.78, 5) is 53.0. The second-order valence-electron chi connectivity index (χ2n) is 9.63. The summed E-state index contributed by atoms with van der Waals surface area (Å²) in [5, 5.41) is 8.75. The molecular weight excluding hydrogens is 438 g/mol. The van der Waals surface area contributed by atoms with Crippen molar-refractivity contribution in [3.63, 3.8) is 0 Å². The number of hydrogen-bond donors (Lipinski definition) is 5. The Balaban J connectivity index is 2.26. The van der Waals surface area contributed by atoms with Crippen LogP contribution in [-0.2, 0) is 25.5 Å². The molecule has 0 radical (unpaired) electrons. The molecule has 0 unspecified atom stereocenters. The van der Waals surface area contributed by atoms with Gasteiger partial charge in [0, 0.05) is 23.5 Å². The van der Waals surface area contributed by atoms with E-state index in [4.69, 9.17) is 10.5 Å². The summed E-state index contributed by atoms with van der Waals surface area (Å²) in [6, 6.07) is 4.75. The molecule has 2 rings (SSSR count). The Hall–Kier alpha value is -3.56. The normalized spacial score (nSPS) is 14.2. The summed E-state index contributed by atoms with van der Waals surface area (Å²) >= 11 is 0. The number of alkyl carbamates (subject to hydrolysis) is 1. The van der Waals surface area contributed by atoms with E-state index in [-0.39, 0.29) is 12.3 Å². The average Bonchev–Trinajstić information content (AvgIpc) is 3.12. The lowest BCUT2D eigenvalue weighted by molar-refractivity contribution is -0.132. The number of carbonyl (C=O) groups excluding carboxylic acids is 4. The van der Waals surface area contributed by atoms with Crippen LogP contribution in [0.4, 0.5) is 4.79 Å². The molecule has 1 heterocycles. The van der Waals surface area contributed by atoms with Crippen molar-refractivity contribution in [1.82, 2.24) is 20.9 Å². The van der Waals surface area contributed by atoms with Gasteiger partial charge in [0.1, 0.15) is 23.7 Å². The Morgan fingerprint density at radius 3 is 2.24 bits per heavy atom. The van der Waals surface area contributed by atoms with E-state index in [9.17, 15) is 19.2 Å². The number of primary amides is 1. The zero-order valence-electron chi connectivity index (χ0n) is 20.5. The topological polar surface area (TPSA) is 155 Å². The third kappa shape index (κ3) is 7.50. The summed E-state index contributed by atoms with van der Waals surface area (Å²) in [5.41, 5.74) is 6.19. The minimum absolute atomic E-state index is 0.166. The van der Waals surface area contributed by atoms with Gasteiger partial charge in [-0.2, -0.15) is 0 Å². The standard InChI is InChI=1S/C24H35N5O5/c1-13(2)19(22(32)27-14(3)20(25)30)29-21(31)18(28-23(33)34-24(4,5)6)11-15-12-26-17-10-8-7-9-16(15)17/h7-10,12-14,18-19,26H,11H2,1-6H3,(H2,25,30)(H,27,32)(H,28,33)(H,29,31)/t14-,18+,19+/m0/s1. The van der Waals surface area contributed by atoms with E-state index in [0.29, 0.717) is 0 Å². The number of aromatic nitrogens is 1. The molecule has 4 amide bonds. The Kier molecular flexibility index (Phi) is 8.67. The minimum atomic E-state index is -1.02. The van der Waals surface area contributed by atoms with Crippen LogP contribution in [0.1, 0.15) is 47.1 Å². The molecule has 0 spiro atoms. The Bertz CT molecular complexity index is 1040. The Labute approximate surface area is 199 Å². The van der Waals surface area contributed by atoms with E-state index < -0.39 is 47.5 Å². The van der Waals surface area contributed by atoms with Gasteiger partial charge < -0.3 is 31.4 Å². The van der Waals surface area contributed by atoms with Gasteiger partial charge >= 0.3 is 6.09 Å². The maximum Gasteiger partial charge on any atom is 0.408 e. The first-order valence-corrected chi connectivity index (χ1v) is 11.2. The molecule has 0 saturated carbocycles. The number of rotatable bonds is 9. The summed E-state index contributed by atoms with van der Waals surface area (Å²) < 4.78 is 5.34. The number of hydrogen-bond acceptors (Lipinski definition) is 5. The predicted molar refractivity (Wildman–Crippen MR) is 129 cm³/mol. The smallest absolute Gasteiger partial charge is 0.408 e. The fraction of sp³-hybridized carbons (Fsp3) is 0.500. The second-order valence-corrected chi connectivity index (χ2v) is 9.63. The Morgan fingerprint density at radius 2 is 1.65 bits per heavy atom. The number of carbonyl (C=O) groups is 4. The molecular formula is C24H35N5O5. The molecule has 1 aromatic carbocycles. The predicted octanol–water partition coefficient (Wildman–Crippen LogP) is 1.73. The first-order valence-electron chi connectivity index (χ1n) is 11.2. The molecule has 0 aliphatic carbocycles. The zero-order valence-corrected chi connectivity index (χ0v) is 20.5. The number of nitrogens with one attached hydrogen (secondary N) is 4. The molecule has 3 atom stereocenters. The van der Waals surface area contributed by atoms with Crippen LogP contribution in [-0.4, -0.2) is 52.5 Å². The first kappa shape index (κ1) is 26.7. The first-order chi connectivity index (χ1) is 15.8. The van der Waals surface area contributed by atoms with Crippen LogP contribution in [0.25, 0.3) is 10.9 Å². The molecule has 10 heteroatoms. The zero-order chi connectivity index (χ0) is 25.6. The van der Waals surface area contributed by atoms with Crippen LogP contribution >= 0.6 is 0 Å². The molecule has 6 N–H and O–H groups in total. The van der Waals surface area contributed by atoms with Gasteiger partial charge in [0.05, 0.1) is 0 Å². The third-order valence-corrected chi connectivity index (χ3v) is 5.14. The molecule has 0 aliphatic rings. The molecule has 0 saturated heterocycles. The number of nitrogens with two attached hydrogens (primary N) is 1. The third-order valence-electron chi connectivity index (χ3n) is 5.14. The number of para-hydroxylation sites is 1. The molecule has 10 nitrogen and oxygen atoms in total. The summed E-state index contributed by atoms with van der Waals surface area (Å²) in [6.45, 7) is 10.1. The van der Waals surface area contributed by atoms with Gasteiger partial charge in [0.2, 0.25) is 17.7 Å². The number of H-pyrrole nitrogens is 1. The number of ether oxygens (including phenoxy) is 1. The van der Waals surface area contributed by atoms with Crippen LogP contribution in [0.3, 0.4) is 0 Å². The van der Waals surface area contributed by atoms with Gasteiger partial charge in [0.25, 0.3) is 0 Å². The molecule has 1 aromatic heterocycles. The highest BCUT2D eigenvalue weighted by molar-refractivity contribution is 5.94. The number of benzene rings is 1. The Morgan fingerprint density at radius 1 is 1.00 bits per heavy atom. The minimum Gasteiger partial charge on any atom is -0.444 e. The molecule has 34 heavy (non-hydrogen) atoms.